The zero-order valence-corrected chi connectivity index (χ0v) is 16.0. The Morgan fingerprint density at radius 3 is 1.41 bits per heavy atom. The van der Waals surface area contributed by atoms with E-state index in [2.05, 4.69) is 9.80 Å². The average molecular weight is 371 g/mol. The Morgan fingerprint density at radius 1 is 0.682 bits per heavy atom. The Balaban J connectivity index is 0.00000121. The highest BCUT2D eigenvalue weighted by Crippen LogP contribution is 2.27. The van der Waals surface area contributed by atoms with Crippen LogP contribution in [-0.2, 0) is 10.8 Å². The summed E-state index contributed by atoms with van der Waals surface area (Å²) < 4.78 is 12.7. The van der Waals surface area contributed by atoms with Crippen LogP contribution in [0.5, 0.6) is 0 Å². The average Bonchev–Trinajstić information content (AvgIpc) is 2.83. The molecule has 3 aliphatic rings. The van der Waals surface area contributed by atoms with Crippen molar-refractivity contribution in [1.29, 1.82) is 0 Å². The lowest BCUT2D eigenvalue weighted by Crippen LogP contribution is -2.40. The van der Waals surface area contributed by atoms with Crippen LogP contribution in [-0.4, -0.2) is 63.8 Å². The van der Waals surface area contributed by atoms with Crippen molar-refractivity contribution >= 4 is 35.6 Å². The van der Waals surface area contributed by atoms with Gasteiger partial charge in [0, 0.05) is 34.4 Å². The number of hydrogen-bond acceptors (Lipinski definition) is 3. The van der Waals surface area contributed by atoms with E-state index < -0.39 is 10.8 Å². The molecule has 3 heterocycles. The summed E-state index contributed by atoms with van der Waals surface area (Å²) in [6.45, 7) is 7.16. The molecule has 22 heavy (non-hydrogen) atoms. The van der Waals surface area contributed by atoms with Crippen molar-refractivity contribution < 1.29 is 4.21 Å². The van der Waals surface area contributed by atoms with E-state index in [1.54, 1.807) is 0 Å². The van der Waals surface area contributed by atoms with E-state index in [4.69, 9.17) is 0 Å². The van der Waals surface area contributed by atoms with E-state index in [-0.39, 0.29) is 24.8 Å². The molecular weight excluding hydrogens is 339 g/mol. The summed E-state index contributed by atoms with van der Waals surface area (Å²) in [6.07, 6.45) is 10.5. The van der Waals surface area contributed by atoms with Gasteiger partial charge in [0.05, 0.1) is 0 Å². The van der Waals surface area contributed by atoms with Crippen LogP contribution >= 0.6 is 24.8 Å². The number of rotatable bonds is 4. The fraction of sp³-hybridized carbons (Fsp3) is 1.00. The number of halogens is 2. The maximum Gasteiger partial charge on any atom is 0.0478 e. The van der Waals surface area contributed by atoms with Gasteiger partial charge in [-0.2, -0.15) is 0 Å². The number of nitrogens with zero attached hydrogens (tertiary/aromatic N) is 2. The third kappa shape index (κ3) is 5.62. The van der Waals surface area contributed by atoms with E-state index in [1.165, 1.54) is 77.5 Å². The molecule has 0 aromatic rings. The van der Waals surface area contributed by atoms with Crippen LogP contribution in [0.3, 0.4) is 0 Å². The van der Waals surface area contributed by atoms with E-state index in [9.17, 15) is 4.21 Å². The Morgan fingerprint density at radius 2 is 1.05 bits per heavy atom. The van der Waals surface area contributed by atoms with Crippen molar-refractivity contribution in [2.45, 2.75) is 61.9 Å². The van der Waals surface area contributed by atoms with Gasteiger partial charge in [-0.3, -0.25) is 4.21 Å². The van der Waals surface area contributed by atoms with Crippen LogP contribution in [0.1, 0.15) is 51.4 Å². The van der Waals surface area contributed by atoms with Gasteiger partial charge in [-0.1, -0.05) is 12.8 Å². The smallest absolute Gasteiger partial charge is 0.0478 e. The molecule has 6 heteroatoms. The molecule has 2 unspecified atom stereocenters. The van der Waals surface area contributed by atoms with Gasteiger partial charge in [0.2, 0.25) is 0 Å². The summed E-state index contributed by atoms with van der Waals surface area (Å²) in [7, 11) is -0.585. The lowest BCUT2D eigenvalue weighted by Gasteiger charge is -2.30. The van der Waals surface area contributed by atoms with Crippen molar-refractivity contribution in [1.82, 2.24) is 9.80 Å². The van der Waals surface area contributed by atoms with Crippen LogP contribution in [0.25, 0.3) is 0 Å². The maximum absolute atomic E-state index is 12.7. The molecule has 132 valence electrons. The quantitative estimate of drug-likeness (QED) is 0.759. The van der Waals surface area contributed by atoms with Crippen molar-refractivity contribution in [2.75, 3.05) is 39.3 Å². The molecule has 0 aromatic carbocycles. The van der Waals surface area contributed by atoms with Gasteiger partial charge < -0.3 is 9.80 Å². The topological polar surface area (TPSA) is 23.6 Å². The van der Waals surface area contributed by atoms with Crippen LogP contribution < -0.4 is 0 Å². The van der Waals surface area contributed by atoms with Crippen molar-refractivity contribution in [3.63, 3.8) is 0 Å². The van der Waals surface area contributed by atoms with E-state index in [0.29, 0.717) is 10.5 Å². The van der Waals surface area contributed by atoms with Crippen molar-refractivity contribution in [3.8, 4) is 0 Å². The molecule has 0 N–H and O–H groups in total. The van der Waals surface area contributed by atoms with E-state index in [1.807, 2.05) is 0 Å². The predicted octanol–water partition coefficient (Wildman–Crippen LogP) is 3.08. The second kappa shape index (κ2) is 10.5. The molecule has 2 atom stereocenters. The molecular formula is C16H32Cl2N2OS. The van der Waals surface area contributed by atoms with Crippen LogP contribution in [0.4, 0.5) is 0 Å². The van der Waals surface area contributed by atoms with Gasteiger partial charge in [0.1, 0.15) is 0 Å². The normalized spacial score (nSPS) is 33.9. The summed E-state index contributed by atoms with van der Waals surface area (Å²) in [5.74, 6) is 0. The Hall–Kier alpha value is 0.650. The predicted molar refractivity (Wildman–Crippen MR) is 100 cm³/mol. The molecule has 3 fully saturated rings. The van der Waals surface area contributed by atoms with Gasteiger partial charge in [-0.25, -0.2) is 0 Å². The van der Waals surface area contributed by atoms with E-state index in [0.717, 1.165) is 13.1 Å². The highest BCUT2D eigenvalue weighted by Gasteiger charge is 2.35. The summed E-state index contributed by atoms with van der Waals surface area (Å²) in [6, 6.07) is 0. The molecule has 0 bridgehead atoms. The number of hydrogen-bond donors (Lipinski definition) is 0. The van der Waals surface area contributed by atoms with Crippen molar-refractivity contribution in [3.05, 3.63) is 0 Å². The fourth-order valence-electron chi connectivity index (χ4n) is 4.07. The van der Waals surface area contributed by atoms with Gasteiger partial charge in [0.25, 0.3) is 0 Å². The standard InChI is InChI=1S/C16H30N2OS.2ClH/c19-20-15(13-17-9-3-1-4-10-17)7-8-16(20)14-18-11-5-2-6-12-18;;/h15-16H,1-14H2;2*1H. The van der Waals surface area contributed by atoms with E-state index >= 15 is 0 Å². The third-order valence-electron chi connectivity index (χ3n) is 5.29. The number of piperidine rings is 2. The highest BCUT2D eigenvalue weighted by molar-refractivity contribution is 7.86. The summed E-state index contributed by atoms with van der Waals surface area (Å²) in [4.78, 5) is 5.13. The minimum Gasteiger partial charge on any atom is -0.302 e. The van der Waals surface area contributed by atoms with Gasteiger partial charge in [-0.05, 0) is 64.7 Å². The first-order chi connectivity index (χ1) is 9.83. The Labute approximate surface area is 150 Å². The van der Waals surface area contributed by atoms with Gasteiger partial charge in [-0.15, -0.1) is 24.8 Å². The zero-order chi connectivity index (χ0) is 13.8. The molecule has 3 nitrogen and oxygen atoms in total. The molecule has 0 aromatic heterocycles. The first kappa shape index (κ1) is 20.7. The van der Waals surface area contributed by atoms with Gasteiger partial charge >= 0.3 is 0 Å². The lowest BCUT2D eigenvalue weighted by atomic mass is 10.1. The minimum atomic E-state index is -0.585. The molecule has 0 amide bonds. The maximum atomic E-state index is 12.7. The second-order valence-electron chi connectivity index (χ2n) is 6.87. The molecule has 3 aliphatic heterocycles. The first-order valence-corrected chi connectivity index (χ1v) is 9.94. The van der Waals surface area contributed by atoms with Crippen molar-refractivity contribution in [2.24, 2.45) is 0 Å². The lowest BCUT2D eigenvalue weighted by molar-refractivity contribution is 0.225. The molecule has 3 saturated heterocycles. The fourth-order valence-corrected chi connectivity index (χ4v) is 6.06. The molecule has 0 aliphatic carbocycles. The zero-order valence-electron chi connectivity index (χ0n) is 13.6. The third-order valence-corrected chi connectivity index (χ3v) is 7.37. The second-order valence-corrected chi connectivity index (χ2v) is 8.86. The Bertz CT molecular complexity index is 304. The monoisotopic (exact) mass is 370 g/mol. The van der Waals surface area contributed by atoms with Crippen LogP contribution in [0.2, 0.25) is 0 Å². The summed E-state index contributed by atoms with van der Waals surface area (Å²) in [5, 5.41) is 0.922. The summed E-state index contributed by atoms with van der Waals surface area (Å²) >= 11 is 0. The Kier molecular flexibility index (Phi) is 9.88. The molecule has 0 spiro atoms. The van der Waals surface area contributed by atoms with Crippen LogP contribution in [0, 0.1) is 0 Å². The minimum absolute atomic E-state index is 0. The van der Waals surface area contributed by atoms with Crippen LogP contribution in [0.15, 0.2) is 0 Å². The first-order valence-electron chi connectivity index (χ1n) is 8.67. The molecule has 0 radical (unpaired) electrons. The van der Waals surface area contributed by atoms with Gasteiger partial charge in [0.15, 0.2) is 0 Å². The molecule has 3 rings (SSSR count). The highest BCUT2D eigenvalue weighted by atomic mass is 35.5. The number of likely N-dealkylation sites (tertiary alicyclic amines) is 2. The largest absolute Gasteiger partial charge is 0.302 e. The summed E-state index contributed by atoms with van der Waals surface area (Å²) in [5.41, 5.74) is 0. The SMILES string of the molecule is Cl.Cl.O=S1C(CN2CCCCC2)CCC1CN1CCCCC1. The molecule has 0 saturated carbocycles.